The van der Waals surface area contributed by atoms with Crippen LogP contribution in [-0.2, 0) is 4.84 Å². The van der Waals surface area contributed by atoms with E-state index in [1.807, 2.05) is 0 Å². The monoisotopic (exact) mass is 311 g/mol. The molecule has 0 spiro atoms. The lowest BCUT2D eigenvalue weighted by atomic mass is 10.2. The van der Waals surface area contributed by atoms with Crippen molar-refractivity contribution in [1.29, 1.82) is 0 Å². The van der Waals surface area contributed by atoms with E-state index < -0.39 is 5.82 Å². The Bertz CT molecular complexity index is 696. The zero-order valence-corrected chi connectivity index (χ0v) is 11.6. The molecule has 2 aromatic rings. The molecule has 0 radical (unpaired) electrons. The van der Waals surface area contributed by atoms with Crippen LogP contribution in [0.3, 0.4) is 0 Å². The number of rotatable bonds is 4. The van der Waals surface area contributed by atoms with Crippen LogP contribution in [0.4, 0.5) is 21.7 Å². The van der Waals surface area contributed by atoms with Gasteiger partial charge in [0.1, 0.15) is 36.6 Å². The highest BCUT2D eigenvalue weighted by Gasteiger charge is 2.12. The van der Waals surface area contributed by atoms with Crippen molar-refractivity contribution in [2.45, 2.75) is 0 Å². The fraction of sp³-hybridized carbons (Fsp3) is 0.0833. The maximum Gasteiger partial charge on any atom is 0.148 e. The molecule has 0 bridgehead atoms. The zero-order valence-electron chi connectivity index (χ0n) is 10.8. The summed E-state index contributed by atoms with van der Waals surface area (Å²) in [5, 5.41) is 15.7. The number of hydrogen-bond acceptors (Lipinski definition) is 7. The van der Waals surface area contributed by atoms with Crippen LogP contribution >= 0.6 is 11.6 Å². The Morgan fingerprint density at radius 1 is 1.48 bits per heavy atom. The Morgan fingerprint density at radius 3 is 2.95 bits per heavy atom. The van der Waals surface area contributed by atoms with Crippen LogP contribution in [0.25, 0.3) is 0 Å². The lowest BCUT2D eigenvalue weighted by Crippen LogP contribution is -2.05. The molecule has 1 aromatic carbocycles. The summed E-state index contributed by atoms with van der Waals surface area (Å²) in [7, 11) is 1.36. The number of phenolic OH excluding ortho intramolecular Hbond substituents is 1. The van der Waals surface area contributed by atoms with E-state index in [1.54, 1.807) is 0 Å². The number of hydrogen-bond donors (Lipinski definition) is 3. The van der Waals surface area contributed by atoms with Gasteiger partial charge in [-0.1, -0.05) is 16.8 Å². The number of benzene rings is 1. The smallest absolute Gasteiger partial charge is 0.148 e. The third kappa shape index (κ3) is 3.29. The summed E-state index contributed by atoms with van der Waals surface area (Å²) < 4.78 is 13.8. The molecule has 4 N–H and O–H groups in total. The van der Waals surface area contributed by atoms with Crippen molar-refractivity contribution in [3.8, 4) is 5.75 Å². The van der Waals surface area contributed by atoms with Gasteiger partial charge < -0.3 is 21.0 Å². The van der Waals surface area contributed by atoms with Gasteiger partial charge >= 0.3 is 0 Å². The number of oxime groups is 1. The number of aromatic hydroxyl groups is 1. The first-order valence-corrected chi connectivity index (χ1v) is 6.02. The number of nitrogens with one attached hydrogen (secondary N) is 1. The number of nitrogens with zero attached hydrogens (tertiary/aromatic N) is 3. The lowest BCUT2D eigenvalue weighted by molar-refractivity contribution is 0.215. The minimum Gasteiger partial charge on any atom is -0.506 e. The number of nitrogen functional groups attached to an aromatic ring is 1. The zero-order chi connectivity index (χ0) is 15.4. The molecule has 0 fully saturated rings. The first-order valence-electron chi connectivity index (χ1n) is 5.65. The van der Waals surface area contributed by atoms with Gasteiger partial charge in [-0.3, -0.25) is 0 Å². The van der Waals surface area contributed by atoms with E-state index >= 15 is 0 Å². The van der Waals surface area contributed by atoms with Crippen LogP contribution in [0.2, 0.25) is 5.02 Å². The third-order valence-electron chi connectivity index (χ3n) is 2.49. The normalized spacial score (nSPS) is 10.8. The molecule has 0 saturated heterocycles. The molecule has 0 unspecified atom stereocenters. The highest BCUT2D eigenvalue weighted by Crippen LogP contribution is 2.31. The molecule has 21 heavy (non-hydrogen) atoms. The molecule has 0 amide bonds. The van der Waals surface area contributed by atoms with E-state index in [0.29, 0.717) is 5.56 Å². The van der Waals surface area contributed by atoms with Crippen molar-refractivity contribution >= 4 is 35.1 Å². The van der Waals surface area contributed by atoms with Gasteiger partial charge in [-0.05, 0) is 6.07 Å². The maximum atomic E-state index is 13.8. The topological polar surface area (TPSA) is 106 Å². The van der Waals surface area contributed by atoms with Gasteiger partial charge in [-0.15, -0.1) is 0 Å². The Labute approximate surface area is 124 Å². The van der Waals surface area contributed by atoms with Crippen LogP contribution in [0.5, 0.6) is 5.75 Å². The summed E-state index contributed by atoms with van der Waals surface area (Å²) in [5.41, 5.74) is 5.99. The third-order valence-corrected chi connectivity index (χ3v) is 2.79. The predicted octanol–water partition coefficient (Wildman–Crippen LogP) is 2.28. The number of nitrogens with two attached hydrogens (primary N) is 1. The summed E-state index contributed by atoms with van der Waals surface area (Å²) in [6.07, 6.45) is 2.49. The van der Waals surface area contributed by atoms with Gasteiger partial charge in [-0.2, -0.15) is 0 Å². The largest absolute Gasteiger partial charge is 0.506 e. The van der Waals surface area contributed by atoms with Crippen molar-refractivity contribution in [2.24, 2.45) is 5.16 Å². The summed E-state index contributed by atoms with van der Waals surface area (Å²) in [4.78, 5) is 12.3. The van der Waals surface area contributed by atoms with E-state index in [0.717, 1.165) is 12.1 Å². The van der Waals surface area contributed by atoms with Crippen LogP contribution in [-0.4, -0.2) is 28.4 Å². The van der Waals surface area contributed by atoms with Gasteiger partial charge in [0.05, 0.1) is 22.5 Å². The van der Waals surface area contributed by atoms with Crippen LogP contribution < -0.4 is 11.1 Å². The van der Waals surface area contributed by atoms with Crippen LogP contribution in [0.1, 0.15) is 5.56 Å². The van der Waals surface area contributed by atoms with E-state index in [4.69, 9.17) is 17.3 Å². The molecule has 110 valence electrons. The summed E-state index contributed by atoms with van der Waals surface area (Å²) >= 11 is 5.61. The van der Waals surface area contributed by atoms with E-state index in [-0.39, 0.29) is 28.1 Å². The number of anilines is 3. The second-order valence-electron chi connectivity index (χ2n) is 3.85. The quantitative estimate of drug-likeness (QED) is 0.591. The summed E-state index contributed by atoms with van der Waals surface area (Å²) in [5.74, 6) is -0.602. The van der Waals surface area contributed by atoms with E-state index in [1.165, 1.54) is 19.7 Å². The van der Waals surface area contributed by atoms with Crippen LogP contribution in [0, 0.1) is 5.82 Å². The van der Waals surface area contributed by atoms with Crippen molar-refractivity contribution < 1.29 is 14.3 Å². The van der Waals surface area contributed by atoms with Crippen molar-refractivity contribution in [3.63, 3.8) is 0 Å². The minimum absolute atomic E-state index is 0.0259. The summed E-state index contributed by atoms with van der Waals surface area (Å²) in [6.45, 7) is 0. The average molecular weight is 312 g/mol. The molecule has 1 aromatic heterocycles. The second-order valence-corrected chi connectivity index (χ2v) is 4.25. The number of phenols is 1. The second kappa shape index (κ2) is 6.23. The van der Waals surface area contributed by atoms with Gasteiger partial charge in [0.2, 0.25) is 0 Å². The van der Waals surface area contributed by atoms with Gasteiger partial charge in [-0.25, -0.2) is 14.4 Å². The average Bonchev–Trinajstić information content (AvgIpc) is 2.44. The summed E-state index contributed by atoms with van der Waals surface area (Å²) in [6, 6.07) is 2.11. The standard InChI is InChI=1S/C12H11ClFN5O2/c1-21-18-4-6-11(15)16-5-17-12(6)19-9-3-10(20)7(13)2-8(9)14/h2-5,20H,1H3,(H3,15,16,17,19)/b18-4+. The number of aromatic nitrogens is 2. The Balaban J connectivity index is 2.42. The predicted molar refractivity (Wildman–Crippen MR) is 77.4 cm³/mol. The Morgan fingerprint density at radius 2 is 2.24 bits per heavy atom. The minimum atomic E-state index is -0.662. The molecule has 0 saturated carbocycles. The molecule has 0 aliphatic rings. The molecule has 0 atom stereocenters. The molecular weight excluding hydrogens is 301 g/mol. The molecule has 7 nitrogen and oxygen atoms in total. The lowest BCUT2D eigenvalue weighted by Gasteiger charge is -2.11. The molecule has 9 heteroatoms. The highest BCUT2D eigenvalue weighted by atomic mass is 35.5. The van der Waals surface area contributed by atoms with Gasteiger partial charge in [0.15, 0.2) is 0 Å². The highest BCUT2D eigenvalue weighted by molar-refractivity contribution is 6.32. The molecule has 2 rings (SSSR count). The Hall–Kier alpha value is -2.61. The van der Waals surface area contributed by atoms with Crippen molar-refractivity contribution in [1.82, 2.24) is 9.97 Å². The SMILES string of the molecule is CO/N=C/c1c(N)ncnc1Nc1cc(O)c(Cl)cc1F. The van der Waals surface area contributed by atoms with E-state index in [9.17, 15) is 9.50 Å². The van der Waals surface area contributed by atoms with Gasteiger partial charge in [0.25, 0.3) is 0 Å². The molecule has 0 aliphatic carbocycles. The molecule has 1 heterocycles. The first-order chi connectivity index (χ1) is 10.0. The van der Waals surface area contributed by atoms with Gasteiger partial charge in [0, 0.05) is 6.07 Å². The maximum absolute atomic E-state index is 13.8. The van der Waals surface area contributed by atoms with Crippen molar-refractivity contribution in [2.75, 3.05) is 18.2 Å². The van der Waals surface area contributed by atoms with Crippen LogP contribution in [0.15, 0.2) is 23.6 Å². The Kier molecular flexibility index (Phi) is 4.39. The molecule has 0 aliphatic heterocycles. The van der Waals surface area contributed by atoms with Crippen molar-refractivity contribution in [3.05, 3.63) is 34.9 Å². The molecular formula is C12H11ClFN5O2. The fourth-order valence-electron chi connectivity index (χ4n) is 1.50. The van der Waals surface area contributed by atoms with E-state index in [2.05, 4.69) is 25.3 Å². The number of halogens is 2. The fourth-order valence-corrected chi connectivity index (χ4v) is 1.65. The first kappa shape index (κ1) is 14.8.